The molecule has 0 aliphatic rings. The first-order valence-electron chi connectivity index (χ1n) is 6.77. The number of aromatic amines is 1. The molecule has 2 aromatic heterocycles. The zero-order valence-electron chi connectivity index (χ0n) is 11.2. The van der Waals surface area contributed by atoms with Crippen molar-refractivity contribution in [1.82, 2.24) is 4.98 Å². The average Bonchev–Trinajstić information content (AvgIpc) is 3.15. The van der Waals surface area contributed by atoms with Crippen molar-refractivity contribution >= 4 is 22.2 Å². The largest absolute Gasteiger partial charge is 0.508 e. The second-order valence-electron chi connectivity index (χ2n) is 4.94. The summed E-state index contributed by atoms with van der Waals surface area (Å²) in [4.78, 5) is 4.74. The van der Waals surface area contributed by atoms with Gasteiger partial charge in [-0.3, -0.25) is 0 Å². The number of aromatic hydroxyl groups is 1. The van der Waals surface area contributed by atoms with Crippen molar-refractivity contribution in [3.05, 3.63) is 66.0 Å². The van der Waals surface area contributed by atoms with Crippen LogP contribution in [0.3, 0.4) is 0 Å². The Morgan fingerprint density at radius 2 is 1.67 bits per heavy atom. The second kappa shape index (κ2) is 4.79. The van der Waals surface area contributed by atoms with Gasteiger partial charge in [-0.1, -0.05) is 36.4 Å². The van der Waals surface area contributed by atoms with Crippen LogP contribution in [0.4, 0.5) is 0 Å². The van der Waals surface area contributed by atoms with Gasteiger partial charge in [-0.05, 0) is 35.2 Å². The highest BCUT2D eigenvalue weighted by atomic mass is 32.1. The Kier molecular flexibility index (Phi) is 2.79. The zero-order valence-corrected chi connectivity index (χ0v) is 12.0. The Bertz CT molecular complexity index is 889. The molecule has 3 heteroatoms. The van der Waals surface area contributed by atoms with Crippen LogP contribution in [-0.4, -0.2) is 10.1 Å². The van der Waals surface area contributed by atoms with Crippen LogP contribution in [-0.2, 0) is 0 Å². The Morgan fingerprint density at radius 3 is 2.43 bits per heavy atom. The number of aromatic nitrogens is 1. The maximum Gasteiger partial charge on any atom is 0.115 e. The molecule has 2 N–H and O–H groups in total. The number of hydrogen-bond acceptors (Lipinski definition) is 2. The molecule has 2 nitrogen and oxygen atoms in total. The van der Waals surface area contributed by atoms with Crippen molar-refractivity contribution in [2.24, 2.45) is 0 Å². The number of H-pyrrole nitrogens is 1. The molecule has 0 atom stereocenters. The minimum Gasteiger partial charge on any atom is -0.508 e. The monoisotopic (exact) mass is 291 g/mol. The summed E-state index contributed by atoms with van der Waals surface area (Å²) in [7, 11) is 0. The summed E-state index contributed by atoms with van der Waals surface area (Å²) in [5.41, 5.74) is 4.56. The lowest BCUT2D eigenvalue weighted by Gasteiger charge is -2.04. The molecular weight excluding hydrogens is 278 g/mol. The van der Waals surface area contributed by atoms with Crippen LogP contribution in [0.15, 0.2) is 66.0 Å². The van der Waals surface area contributed by atoms with Crippen LogP contribution in [0, 0.1) is 0 Å². The molecule has 0 aliphatic carbocycles. The highest BCUT2D eigenvalue weighted by Crippen LogP contribution is 2.40. The lowest BCUT2D eigenvalue weighted by Crippen LogP contribution is -1.79. The second-order valence-corrected chi connectivity index (χ2v) is 5.89. The smallest absolute Gasteiger partial charge is 0.115 e. The molecule has 4 rings (SSSR count). The van der Waals surface area contributed by atoms with Crippen molar-refractivity contribution in [2.45, 2.75) is 0 Å². The summed E-state index contributed by atoms with van der Waals surface area (Å²) in [5, 5.41) is 12.8. The zero-order chi connectivity index (χ0) is 14.2. The summed E-state index contributed by atoms with van der Waals surface area (Å²) < 4.78 is 0. The normalized spacial score (nSPS) is 11.0. The van der Waals surface area contributed by atoms with Crippen LogP contribution in [0.25, 0.3) is 32.6 Å². The predicted molar refractivity (Wildman–Crippen MR) is 88.7 cm³/mol. The number of phenols is 1. The molecule has 0 aliphatic heterocycles. The summed E-state index contributed by atoms with van der Waals surface area (Å²) in [6.07, 6.45) is 0. The van der Waals surface area contributed by atoms with E-state index in [0.29, 0.717) is 0 Å². The molecule has 0 unspecified atom stereocenters. The minimum atomic E-state index is 0.288. The van der Waals surface area contributed by atoms with Crippen molar-refractivity contribution in [3.8, 4) is 27.4 Å². The lowest BCUT2D eigenvalue weighted by molar-refractivity contribution is 0.475. The van der Waals surface area contributed by atoms with Crippen LogP contribution < -0.4 is 0 Å². The molecule has 2 aromatic carbocycles. The van der Waals surface area contributed by atoms with Gasteiger partial charge in [-0.15, -0.1) is 11.3 Å². The number of thiophene rings is 1. The summed E-state index contributed by atoms with van der Waals surface area (Å²) in [5.74, 6) is 0.288. The van der Waals surface area contributed by atoms with Crippen LogP contribution in [0.2, 0.25) is 0 Å². The molecule has 2 heterocycles. The Balaban J connectivity index is 2.05. The first-order chi connectivity index (χ1) is 10.3. The fourth-order valence-corrected chi connectivity index (χ4v) is 3.41. The molecule has 0 amide bonds. The topological polar surface area (TPSA) is 36.0 Å². The van der Waals surface area contributed by atoms with Crippen molar-refractivity contribution in [1.29, 1.82) is 0 Å². The van der Waals surface area contributed by atoms with Gasteiger partial charge in [0, 0.05) is 16.5 Å². The van der Waals surface area contributed by atoms with Gasteiger partial charge in [0.05, 0.1) is 10.6 Å². The molecule has 4 aromatic rings. The molecule has 0 fully saturated rings. The van der Waals surface area contributed by atoms with Crippen molar-refractivity contribution in [3.63, 3.8) is 0 Å². The molecule has 0 saturated heterocycles. The molecular formula is C18H13NOS. The van der Waals surface area contributed by atoms with E-state index in [0.717, 1.165) is 16.8 Å². The molecule has 0 spiro atoms. The Morgan fingerprint density at radius 1 is 0.857 bits per heavy atom. The highest BCUT2D eigenvalue weighted by molar-refractivity contribution is 7.13. The predicted octanol–water partition coefficient (Wildman–Crippen LogP) is 5.27. The Hall–Kier alpha value is -2.52. The molecule has 0 saturated carbocycles. The van der Waals surface area contributed by atoms with Gasteiger partial charge in [0.1, 0.15) is 5.75 Å². The number of para-hydroxylation sites is 1. The number of fused-ring (bicyclic) bond motifs is 1. The van der Waals surface area contributed by atoms with E-state index in [4.69, 9.17) is 0 Å². The van der Waals surface area contributed by atoms with Gasteiger partial charge in [0.15, 0.2) is 0 Å². The first kappa shape index (κ1) is 12.2. The van der Waals surface area contributed by atoms with Gasteiger partial charge in [0.2, 0.25) is 0 Å². The third-order valence-corrected chi connectivity index (χ3v) is 4.52. The van der Waals surface area contributed by atoms with E-state index in [1.165, 1.54) is 15.8 Å². The first-order valence-corrected chi connectivity index (χ1v) is 7.65. The van der Waals surface area contributed by atoms with E-state index in [1.54, 1.807) is 23.5 Å². The van der Waals surface area contributed by atoms with E-state index in [9.17, 15) is 5.11 Å². The van der Waals surface area contributed by atoms with E-state index in [2.05, 4.69) is 40.7 Å². The Labute approximate surface area is 126 Å². The highest BCUT2D eigenvalue weighted by Gasteiger charge is 2.15. The van der Waals surface area contributed by atoms with Gasteiger partial charge >= 0.3 is 0 Å². The van der Waals surface area contributed by atoms with E-state index >= 15 is 0 Å². The van der Waals surface area contributed by atoms with Gasteiger partial charge < -0.3 is 10.1 Å². The molecule has 0 radical (unpaired) electrons. The van der Waals surface area contributed by atoms with Crippen LogP contribution in [0.5, 0.6) is 5.75 Å². The molecule has 0 bridgehead atoms. The van der Waals surface area contributed by atoms with E-state index in [1.807, 2.05) is 18.2 Å². The molecule has 102 valence electrons. The quantitative estimate of drug-likeness (QED) is 0.518. The number of rotatable bonds is 2. The fraction of sp³-hybridized carbons (Fsp3) is 0. The third kappa shape index (κ3) is 2.03. The van der Waals surface area contributed by atoms with Gasteiger partial charge in [0.25, 0.3) is 0 Å². The summed E-state index contributed by atoms with van der Waals surface area (Å²) >= 11 is 1.72. The summed E-state index contributed by atoms with van der Waals surface area (Å²) in [6.45, 7) is 0. The van der Waals surface area contributed by atoms with E-state index < -0.39 is 0 Å². The van der Waals surface area contributed by atoms with Gasteiger partial charge in [-0.25, -0.2) is 0 Å². The maximum atomic E-state index is 9.51. The SMILES string of the molecule is Oc1ccc(-c2c(-c3cccs3)[nH]c3ccccc23)cc1. The fourth-order valence-electron chi connectivity index (χ4n) is 2.68. The van der Waals surface area contributed by atoms with Crippen LogP contribution in [0.1, 0.15) is 0 Å². The standard InChI is InChI=1S/C18H13NOS/c20-13-9-7-12(8-10-13)17-14-4-1-2-5-15(14)19-18(17)16-6-3-11-21-16/h1-11,19-20H. The number of phenolic OH excluding ortho intramolecular Hbond substituents is 1. The third-order valence-electron chi connectivity index (χ3n) is 3.63. The minimum absolute atomic E-state index is 0.288. The van der Waals surface area contributed by atoms with Gasteiger partial charge in [-0.2, -0.15) is 0 Å². The van der Waals surface area contributed by atoms with Crippen molar-refractivity contribution < 1.29 is 5.11 Å². The maximum absolute atomic E-state index is 9.51. The molecule has 21 heavy (non-hydrogen) atoms. The van der Waals surface area contributed by atoms with E-state index in [-0.39, 0.29) is 5.75 Å². The van der Waals surface area contributed by atoms with Crippen LogP contribution >= 0.6 is 11.3 Å². The average molecular weight is 291 g/mol. The number of benzene rings is 2. The van der Waals surface area contributed by atoms with Crippen molar-refractivity contribution in [2.75, 3.05) is 0 Å². The summed E-state index contributed by atoms with van der Waals surface area (Å²) in [6, 6.07) is 19.9. The number of nitrogens with one attached hydrogen (secondary N) is 1. The number of hydrogen-bond donors (Lipinski definition) is 2. The lowest BCUT2D eigenvalue weighted by atomic mass is 10.0.